The van der Waals surface area contributed by atoms with E-state index in [2.05, 4.69) is 20.9 Å². The SMILES string of the molecule is COc1ccc(CCN=C=O)c(Br)c1OC. The Hall–Kier alpha value is -1.32. The molecule has 0 unspecified atom stereocenters. The highest BCUT2D eigenvalue weighted by Gasteiger charge is 2.11. The standard InChI is InChI=1S/C11H12BrNO3/c1-15-9-4-3-8(5-6-13-7-14)10(12)11(9)16-2/h3-4H,5-6H2,1-2H3. The maximum Gasteiger partial charge on any atom is 0.234 e. The summed E-state index contributed by atoms with van der Waals surface area (Å²) in [5.41, 5.74) is 1.01. The van der Waals surface area contributed by atoms with Gasteiger partial charge in [0.2, 0.25) is 6.08 Å². The molecule has 5 heteroatoms. The summed E-state index contributed by atoms with van der Waals surface area (Å²) in [6.07, 6.45) is 2.16. The minimum Gasteiger partial charge on any atom is -0.493 e. The lowest BCUT2D eigenvalue weighted by atomic mass is 10.1. The zero-order chi connectivity index (χ0) is 12.0. The molecular formula is C11H12BrNO3. The second kappa shape index (κ2) is 6.30. The molecule has 1 aromatic carbocycles. The number of hydrogen-bond donors (Lipinski definition) is 0. The average molecular weight is 286 g/mol. The molecule has 0 aromatic heterocycles. The van der Waals surface area contributed by atoms with Crippen LogP contribution in [-0.4, -0.2) is 26.8 Å². The lowest BCUT2D eigenvalue weighted by Gasteiger charge is -2.12. The van der Waals surface area contributed by atoms with E-state index in [1.165, 1.54) is 6.08 Å². The number of ether oxygens (including phenoxy) is 2. The summed E-state index contributed by atoms with van der Waals surface area (Å²) in [5, 5.41) is 0. The second-order valence-corrected chi connectivity index (χ2v) is 3.79. The van der Waals surface area contributed by atoms with Crippen LogP contribution >= 0.6 is 15.9 Å². The van der Waals surface area contributed by atoms with E-state index in [4.69, 9.17) is 9.47 Å². The maximum absolute atomic E-state index is 9.96. The molecule has 0 aliphatic rings. The predicted molar refractivity (Wildman–Crippen MR) is 63.9 cm³/mol. The van der Waals surface area contributed by atoms with E-state index in [9.17, 15) is 4.79 Å². The van der Waals surface area contributed by atoms with E-state index in [1.54, 1.807) is 14.2 Å². The lowest BCUT2D eigenvalue weighted by molar-refractivity contribution is 0.352. The zero-order valence-electron chi connectivity index (χ0n) is 9.12. The first kappa shape index (κ1) is 12.7. The molecule has 0 heterocycles. The van der Waals surface area contributed by atoms with Crippen molar-refractivity contribution < 1.29 is 14.3 Å². The molecule has 0 saturated carbocycles. The molecule has 0 fully saturated rings. The van der Waals surface area contributed by atoms with Gasteiger partial charge in [0.05, 0.1) is 25.2 Å². The molecule has 0 spiro atoms. The summed E-state index contributed by atoms with van der Waals surface area (Å²) in [4.78, 5) is 13.5. The number of isocyanates is 1. The fourth-order valence-corrected chi connectivity index (χ4v) is 2.03. The number of hydrogen-bond acceptors (Lipinski definition) is 4. The molecule has 0 radical (unpaired) electrons. The topological polar surface area (TPSA) is 47.9 Å². The van der Waals surface area contributed by atoms with E-state index in [1.807, 2.05) is 12.1 Å². The number of methoxy groups -OCH3 is 2. The summed E-state index contributed by atoms with van der Waals surface area (Å²) >= 11 is 3.44. The van der Waals surface area contributed by atoms with Gasteiger partial charge in [-0.25, -0.2) is 9.79 Å². The first-order valence-corrected chi connectivity index (χ1v) is 5.46. The fourth-order valence-electron chi connectivity index (χ4n) is 1.35. The first-order chi connectivity index (χ1) is 7.74. The Kier molecular flexibility index (Phi) is 5.02. The smallest absolute Gasteiger partial charge is 0.234 e. The normalized spacial score (nSPS) is 9.44. The largest absolute Gasteiger partial charge is 0.493 e. The van der Waals surface area contributed by atoms with Crippen molar-refractivity contribution in [2.24, 2.45) is 4.99 Å². The molecule has 0 amide bonds. The van der Waals surface area contributed by atoms with Gasteiger partial charge >= 0.3 is 0 Å². The number of aliphatic imine (C=N–C) groups is 1. The Morgan fingerprint density at radius 1 is 1.38 bits per heavy atom. The Balaban J connectivity index is 2.99. The maximum atomic E-state index is 9.96. The van der Waals surface area contributed by atoms with E-state index in [0.29, 0.717) is 24.5 Å². The van der Waals surface area contributed by atoms with Gasteiger partial charge in [0, 0.05) is 0 Å². The van der Waals surface area contributed by atoms with Gasteiger partial charge < -0.3 is 9.47 Å². The second-order valence-electron chi connectivity index (χ2n) is 3.00. The summed E-state index contributed by atoms with van der Waals surface area (Å²) < 4.78 is 11.2. The molecule has 1 aromatic rings. The first-order valence-electron chi connectivity index (χ1n) is 4.67. The lowest BCUT2D eigenvalue weighted by Crippen LogP contribution is -1.96. The monoisotopic (exact) mass is 285 g/mol. The molecular weight excluding hydrogens is 274 g/mol. The van der Waals surface area contributed by atoms with Gasteiger partial charge in [-0.2, -0.15) is 0 Å². The fraction of sp³-hybridized carbons (Fsp3) is 0.364. The van der Waals surface area contributed by atoms with E-state index < -0.39 is 0 Å². The van der Waals surface area contributed by atoms with E-state index >= 15 is 0 Å². The summed E-state index contributed by atoms with van der Waals surface area (Å²) in [5.74, 6) is 1.31. The van der Waals surface area contributed by atoms with Crippen molar-refractivity contribution in [1.29, 1.82) is 0 Å². The van der Waals surface area contributed by atoms with Crippen LogP contribution in [0.1, 0.15) is 5.56 Å². The molecule has 0 bridgehead atoms. The molecule has 0 atom stereocenters. The number of carbonyl (C=O) groups excluding carboxylic acids is 1. The predicted octanol–water partition coefficient (Wildman–Crippen LogP) is 2.34. The van der Waals surface area contributed by atoms with Gasteiger partial charge in [-0.3, -0.25) is 0 Å². The van der Waals surface area contributed by atoms with Gasteiger partial charge in [-0.05, 0) is 34.0 Å². The van der Waals surface area contributed by atoms with Crippen LogP contribution < -0.4 is 9.47 Å². The van der Waals surface area contributed by atoms with Crippen molar-refractivity contribution in [1.82, 2.24) is 0 Å². The van der Waals surface area contributed by atoms with Crippen LogP contribution in [0.15, 0.2) is 21.6 Å². The van der Waals surface area contributed by atoms with Crippen molar-refractivity contribution in [3.8, 4) is 11.5 Å². The molecule has 0 aliphatic carbocycles. The summed E-state index contributed by atoms with van der Waals surface area (Å²) in [6, 6.07) is 3.73. The van der Waals surface area contributed by atoms with Gasteiger partial charge in [-0.15, -0.1) is 0 Å². The van der Waals surface area contributed by atoms with Gasteiger partial charge in [0.1, 0.15) is 0 Å². The van der Waals surface area contributed by atoms with Crippen LogP contribution in [0.25, 0.3) is 0 Å². The molecule has 0 saturated heterocycles. The Morgan fingerprint density at radius 2 is 2.12 bits per heavy atom. The van der Waals surface area contributed by atoms with Gasteiger partial charge in [0.15, 0.2) is 11.5 Å². The highest BCUT2D eigenvalue weighted by molar-refractivity contribution is 9.10. The third kappa shape index (κ3) is 2.84. The van der Waals surface area contributed by atoms with E-state index in [-0.39, 0.29) is 0 Å². The van der Waals surface area contributed by atoms with Crippen molar-refractivity contribution in [2.75, 3.05) is 20.8 Å². The molecule has 16 heavy (non-hydrogen) atoms. The van der Waals surface area contributed by atoms with Crippen LogP contribution in [0.3, 0.4) is 0 Å². The van der Waals surface area contributed by atoms with Crippen molar-refractivity contribution in [2.45, 2.75) is 6.42 Å². The van der Waals surface area contributed by atoms with Crippen LogP contribution in [0.4, 0.5) is 0 Å². The Labute approximate surface area is 102 Å². The minimum atomic E-state index is 0.414. The zero-order valence-corrected chi connectivity index (χ0v) is 10.7. The Morgan fingerprint density at radius 3 is 2.69 bits per heavy atom. The van der Waals surface area contributed by atoms with Gasteiger partial charge in [0.25, 0.3) is 0 Å². The quantitative estimate of drug-likeness (QED) is 0.616. The minimum absolute atomic E-state index is 0.414. The van der Waals surface area contributed by atoms with Gasteiger partial charge in [-0.1, -0.05) is 6.07 Å². The Bertz CT molecular complexity index is 414. The third-order valence-electron chi connectivity index (χ3n) is 2.12. The number of rotatable bonds is 5. The number of nitrogens with zero attached hydrogens (tertiary/aromatic N) is 1. The summed E-state index contributed by atoms with van der Waals surface area (Å²) in [6.45, 7) is 0.414. The van der Waals surface area contributed by atoms with Crippen molar-refractivity contribution in [3.63, 3.8) is 0 Å². The number of benzene rings is 1. The van der Waals surface area contributed by atoms with Crippen molar-refractivity contribution >= 4 is 22.0 Å². The average Bonchev–Trinajstić information content (AvgIpc) is 2.31. The molecule has 4 nitrogen and oxygen atoms in total. The van der Waals surface area contributed by atoms with Crippen LogP contribution in [0, 0.1) is 0 Å². The molecule has 0 N–H and O–H groups in total. The van der Waals surface area contributed by atoms with Crippen LogP contribution in [0.2, 0.25) is 0 Å². The number of halogens is 1. The third-order valence-corrected chi connectivity index (χ3v) is 2.99. The van der Waals surface area contributed by atoms with E-state index in [0.717, 1.165) is 10.0 Å². The highest BCUT2D eigenvalue weighted by Crippen LogP contribution is 2.37. The molecule has 1 rings (SSSR count). The van der Waals surface area contributed by atoms with Crippen LogP contribution in [-0.2, 0) is 11.2 Å². The van der Waals surface area contributed by atoms with Crippen LogP contribution in [0.5, 0.6) is 11.5 Å². The summed E-state index contributed by atoms with van der Waals surface area (Å²) in [7, 11) is 3.16. The molecule has 0 aliphatic heterocycles. The molecule has 86 valence electrons. The highest BCUT2D eigenvalue weighted by atomic mass is 79.9. The van der Waals surface area contributed by atoms with Crippen molar-refractivity contribution in [3.05, 3.63) is 22.2 Å².